The van der Waals surface area contributed by atoms with Gasteiger partial charge in [-0.3, -0.25) is 0 Å². The zero-order valence-electron chi connectivity index (χ0n) is 9.65. The minimum absolute atomic E-state index is 0.682. The first-order valence-corrected chi connectivity index (χ1v) is 6.55. The highest BCUT2D eigenvalue weighted by Crippen LogP contribution is 2.21. The van der Waals surface area contributed by atoms with Crippen molar-refractivity contribution >= 4 is 34.0 Å². The molecule has 0 unspecified atom stereocenters. The van der Waals surface area contributed by atoms with Crippen LogP contribution in [0.4, 0.5) is 11.4 Å². The van der Waals surface area contributed by atoms with Gasteiger partial charge in [0.25, 0.3) is 0 Å². The SMILES string of the molecule is N#Cc1cccc(CNc2ccc(N)cc2I)c1. The molecule has 2 rings (SSSR count). The molecule has 2 aromatic carbocycles. The van der Waals surface area contributed by atoms with Gasteiger partial charge in [-0.2, -0.15) is 5.26 Å². The maximum absolute atomic E-state index is 8.84. The van der Waals surface area contributed by atoms with Crippen LogP contribution in [0.25, 0.3) is 0 Å². The molecule has 3 nitrogen and oxygen atoms in total. The molecule has 0 spiro atoms. The third kappa shape index (κ3) is 3.14. The molecule has 90 valence electrons. The summed E-state index contributed by atoms with van der Waals surface area (Å²) in [7, 11) is 0. The van der Waals surface area contributed by atoms with Crippen molar-refractivity contribution in [1.29, 1.82) is 5.26 Å². The van der Waals surface area contributed by atoms with Gasteiger partial charge in [-0.15, -0.1) is 0 Å². The first kappa shape index (κ1) is 12.7. The van der Waals surface area contributed by atoms with E-state index in [1.165, 1.54) is 0 Å². The average Bonchev–Trinajstić information content (AvgIpc) is 2.38. The molecule has 0 aliphatic rings. The Labute approximate surface area is 120 Å². The molecular formula is C14H12IN3. The van der Waals surface area contributed by atoms with E-state index in [1.54, 1.807) is 6.07 Å². The van der Waals surface area contributed by atoms with Crippen LogP contribution < -0.4 is 11.1 Å². The van der Waals surface area contributed by atoms with E-state index in [0.717, 1.165) is 20.5 Å². The largest absolute Gasteiger partial charge is 0.399 e. The zero-order valence-corrected chi connectivity index (χ0v) is 11.8. The van der Waals surface area contributed by atoms with E-state index in [0.29, 0.717) is 12.1 Å². The van der Waals surface area contributed by atoms with E-state index in [9.17, 15) is 0 Å². The predicted octanol–water partition coefficient (Wildman–Crippen LogP) is 3.36. The Balaban J connectivity index is 2.09. The number of hydrogen-bond donors (Lipinski definition) is 2. The van der Waals surface area contributed by atoms with Gasteiger partial charge in [-0.1, -0.05) is 12.1 Å². The van der Waals surface area contributed by atoms with E-state index in [4.69, 9.17) is 11.0 Å². The summed E-state index contributed by atoms with van der Waals surface area (Å²) in [5.41, 5.74) is 9.28. The predicted molar refractivity (Wildman–Crippen MR) is 82.1 cm³/mol. The molecule has 0 radical (unpaired) electrons. The fourth-order valence-corrected chi connectivity index (χ4v) is 2.35. The molecule has 0 saturated heterocycles. The Bertz CT molecular complexity index is 602. The number of nitrogens with zero attached hydrogens (tertiary/aromatic N) is 1. The molecule has 0 aromatic heterocycles. The van der Waals surface area contributed by atoms with Crippen molar-refractivity contribution in [3.63, 3.8) is 0 Å². The van der Waals surface area contributed by atoms with Gasteiger partial charge in [0.2, 0.25) is 0 Å². The summed E-state index contributed by atoms with van der Waals surface area (Å²) in [6, 6.07) is 15.5. The van der Waals surface area contributed by atoms with Gasteiger partial charge >= 0.3 is 0 Å². The molecule has 0 saturated carbocycles. The van der Waals surface area contributed by atoms with E-state index in [-0.39, 0.29) is 0 Å². The van der Waals surface area contributed by atoms with Crippen molar-refractivity contribution in [3.8, 4) is 6.07 Å². The van der Waals surface area contributed by atoms with Crippen LogP contribution in [-0.4, -0.2) is 0 Å². The fraction of sp³-hybridized carbons (Fsp3) is 0.0714. The molecule has 0 heterocycles. The molecule has 2 aromatic rings. The monoisotopic (exact) mass is 349 g/mol. The summed E-state index contributed by atoms with van der Waals surface area (Å²) < 4.78 is 1.09. The number of hydrogen-bond acceptors (Lipinski definition) is 3. The summed E-state index contributed by atoms with van der Waals surface area (Å²) >= 11 is 2.25. The molecule has 0 fully saturated rings. The number of nitriles is 1. The molecule has 0 amide bonds. The summed E-state index contributed by atoms with van der Waals surface area (Å²) in [5.74, 6) is 0. The van der Waals surface area contributed by atoms with Crippen molar-refractivity contribution in [1.82, 2.24) is 0 Å². The van der Waals surface area contributed by atoms with Gasteiger partial charge in [0.15, 0.2) is 0 Å². The van der Waals surface area contributed by atoms with Crippen molar-refractivity contribution in [2.24, 2.45) is 0 Å². The third-order valence-corrected chi connectivity index (χ3v) is 3.42. The smallest absolute Gasteiger partial charge is 0.0991 e. The molecule has 0 aliphatic heterocycles. The van der Waals surface area contributed by atoms with Crippen molar-refractivity contribution in [2.45, 2.75) is 6.54 Å². The van der Waals surface area contributed by atoms with Crippen LogP contribution in [0.5, 0.6) is 0 Å². The summed E-state index contributed by atoms with van der Waals surface area (Å²) in [6.45, 7) is 0.690. The molecular weight excluding hydrogens is 337 g/mol. The van der Waals surface area contributed by atoms with E-state index in [2.05, 4.69) is 34.0 Å². The minimum Gasteiger partial charge on any atom is -0.399 e. The van der Waals surface area contributed by atoms with Crippen LogP contribution in [0.1, 0.15) is 11.1 Å². The Morgan fingerprint density at radius 2 is 2.06 bits per heavy atom. The topological polar surface area (TPSA) is 61.8 Å². The number of nitrogens with two attached hydrogens (primary N) is 1. The highest BCUT2D eigenvalue weighted by molar-refractivity contribution is 14.1. The standard InChI is InChI=1S/C14H12IN3/c15-13-7-12(17)4-5-14(13)18-9-11-3-1-2-10(6-11)8-16/h1-7,18H,9,17H2. The van der Waals surface area contributed by atoms with E-state index >= 15 is 0 Å². The number of halogens is 1. The van der Waals surface area contributed by atoms with E-state index < -0.39 is 0 Å². The number of nitrogens with one attached hydrogen (secondary N) is 1. The average molecular weight is 349 g/mol. The van der Waals surface area contributed by atoms with Crippen LogP contribution in [-0.2, 0) is 6.54 Å². The molecule has 3 N–H and O–H groups in total. The summed E-state index contributed by atoms with van der Waals surface area (Å²) in [5, 5.41) is 12.2. The summed E-state index contributed by atoms with van der Waals surface area (Å²) in [6.07, 6.45) is 0. The quantitative estimate of drug-likeness (QED) is 0.660. The fourth-order valence-electron chi connectivity index (χ4n) is 1.62. The van der Waals surface area contributed by atoms with Crippen LogP contribution in [0.2, 0.25) is 0 Å². The van der Waals surface area contributed by atoms with Crippen molar-refractivity contribution in [2.75, 3.05) is 11.1 Å². The number of nitrogen functional groups attached to an aromatic ring is 1. The summed E-state index contributed by atoms with van der Waals surface area (Å²) in [4.78, 5) is 0. The molecule has 0 bridgehead atoms. The molecule has 4 heteroatoms. The van der Waals surface area contributed by atoms with Crippen molar-refractivity contribution < 1.29 is 0 Å². The first-order chi connectivity index (χ1) is 8.69. The van der Waals surface area contributed by atoms with Crippen LogP contribution in [0, 0.1) is 14.9 Å². The van der Waals surface area contributed by atoms with Gasteiger partial charge in [-0.05, 0) is 58.5 Å². The van der Waals surface area contributed by atoms with Gasteiger partial charge in [0, 0.05) is 21.5 Å². The minimum atomic E-state index is 0.682. The Hall–Kier alpha value is -1.74. The van der Waals surface area contributed by atoms with Crippen LogP contribution >= 0.6 is 22.6 Å². The van der Waals surface area contributed by atoms with Gasteiger partial charge in [0.05, 0.1) is 11.6 Å². The lowest BCUT2D eigenvalue weighted by atomic mass is 10.1. The normalized spacial score (nSPS) is 9.78. The molecule has 18 heavy (non-hydrogen) atoms. The lowest BCUT2D eigenvalue weighted by molar-refractivity contribution is 1.14. The third-order valence-electron chi connectivity index (χ3n) is 2.53. The van der Waals surface area contributed by atoms with Gasteiger partial charge in [-0.25, -0.2) is 0 Å². The number of anilines is 2. The molecule has 0 aliphatic carbocycles. The van der Waals surface area contributed by atoms with E-state index in [1.807, 2.05) is 36.4 Å². The number of benzene rings is 2. The second-order valence-corrected chi connectivity index (χ2v) is 5.07. The van der Waals surface area contributed by atoms with Gasteiger partial charge < -0.3 is 11.1 Å². The maximum Gasteiger partial charge on any atom is 0.0991 e. The number of rotatable bonds is 3. The first-order valence-electron chi connectivity index (χ1n) is 5.47. The Morgan fingerprint density at radius 1 is 1.22 bits per heavy atom. The Kier molecular flexibility index (Phi) is 4.05. The lowest BCUT2D eigenvalue weighted by Crippen LogP contribution is -2.01. The highest BCUT2D eigenvalue weighted by atomic mass is 127. The second-order valence-electron chi connectivity index (χ2n) is 3.91. The van der Waals surface area contributed by atoms with Crippen molar-refractivity contribution in [3.05, 3.63) is 57.2 Å². The lowest BCUT2D eigenvalue weighted by Gasteiger charge is -2.09. The zero-order chi connectivity index (χ0) is 13.0. The van der Waals surface area contributed by atoms with Crippen LogP contribution in [0.3, 0.4) is 0 Å². The van der Waals surface area contributed by atoms with Crippen LogP contribution in [0.15, 0.2) is 42.5 Å². The molecule has 0 atom stereocenters. The second kappa shape index (κ2) is 5.74. The maximum atomic E-state index is 8.84. The van der Waals surface area contributed by atoms with Gasteiger partial charge in [0.1, 0.15) is 0 Å². The Morgan fingerprint density at radius 3 is 2.78 bits per heavy atom. The highest BCUT2D eigenvalue weighted by Gasteiger charge is 2.00.